The summed E-state index contributed by atoms with van der Waals surface area (Å²) < 4.78 is 11.0. The van der Waals surface area contributed by atoms with Crippen LogP contribution in [-0.2, 0) is 0 Å². The Morgan fingerprint density at radius 3 is 2.47 bits per heavy atom. The van der Waals surface area contributed by atoms with Crippen LogP contribution in [-0.4, -0.2) is 41.0 Å². The van der Waals surface area contributed by atoms with E-state index in [0.717, 1.165) is 39.5 Å². The molecule has 1 aliphatic heterocycles. The van der Waals surface area contributed by atoms with Crippen LogP contribution < -0.4 is 10.1 Å². The van der Waals surface area contributed by atoms with Crippen molar-refractivity contribution in [3.05, 3.63) is 65.7 Å². The summed E-state index contributed by atoms with van der Waals surface area (Å²) in [6, 6.07) is 15.2. The molecule has 8 heteroatoms. The highest BCUT2D eigenvalue weighted by atomic mass is 32.2. The van der Waals surface area contributed by atoms with Crippen molar-refractivity contribution >= 4 is 23.4 Å². The van der Waals surface area contributed by atoms with Crippen LogP contribution in [0.4, 0.5) is 4.79 Å². The van der Waals surface area contributed by atoms with Crippen molar-refractivity contribution < 1.29 is 14.1 Å². The first-order valence-corrected chi connectivity index (χ1v) is 12.5. The molecule has 34 heavy (non-hydrogen) atoms. The van der Waals surface area contributed by atoms with Crippen LogP contribution in [0.5, 0.6) is 5.75 Å². The minimum atomic E-state index is -0.386. The number of aromatic nitrogens is 2. The Labute approximate surface area is 204 Å². The van der Waals surface area contributed by atoms with Crippen molar-refractivity contribution in [2.24, 2.45) is 5.92 Å². The van der Waals surface area contributed by atoms with Gasteiger partial charge in [0.05, 0.1) is 18.7 Å². The summed E-state index contributed by atoms with van der Waals surface area (Å²) in [7, 11) is 1.63. The molecule has 0 fully saturated rings. The van der Waals surface area contributed by atoms with Gasteiger partial charge in [0.15, 0.2) is 0 Å². The number of carbonyl (C=O) groups is 1. The predicted octanol–water partition coefficient (Wildman–Crippen LogP) is 6.01. The molecule has 0 saturated carbocycles. The zero-order valence-electron chi connectivity index (χ0n) is 20.2. The molecule has 4 rings (SSSR count). The molecular weight excluding hydrogens is 448 g/mol. The van der Waals surface area contributed by atoms with E-state index in [2.05, 4.69) is 36.5 Å². The number of thioether (sulfide) groups is 1. The number of ether oxygens (including phenoxy) is 1. The van der Waals surface area contributed by atoms with Crippen LogP contribution in [0, 0.1) is 5.92 Å². The number of carbonyl (C=O) groups excluding carboxylic acids is 1. The number of nitrogens with one attached hydrogen (secondary N) is 1. The smallest absolute Gasteiger partial charge is 0.322 e. The highest BCUT2D eigenvalue weighted by molar-refractivity contribution is 7.98. The summed E-state index contributed by atoms with van der Waals surface area (Å²) in [6.07, 6.45) is 2.94. The normalized spacial score (nSPS) is 16.2. The summed E-state index contributed by atoms with van der Waals surface area (Å²) in [4.78, 5) is 20.7. The second kappa shape index (κ2) is 10.3. The second-order valence-electron chi connectivity index (χ2n) is 8.64. The van der Waals surface area contributed by atoms with Gasteiger partial charge in [-0.15, -0.1) is 11.8 Å². The molecular formula is C26H30N4O3S. The Kier molecular flexibility index (Phi) is 7.26. The first-order valence-electron chi connectivity index (χ1n) is 11.3. The van der Waals surface area contributed by atoms with Crippen LogP contribution >= 0.6 is 11.8 Å². The Bertz CT molecular complexity index is 1170. The fraction of sp³-hybridized carbons (Fsp3) is 0.346. The maximum absolute atomic E-state index is 13.1. The van der Waals surface area contributed by atoms with Gasteiger partial charge < -0.3 is 14.6 Å². The van der Waals surface area contributed by atoms with Gasteiger partial charge in [0.1, 0.15) is 5.75 Å². The predicted molar refractivity (Wildman–Crippen MR) is 135 cm³/mol. The second-order valence-corrected chi connectivity index (χ2v) is 9.52. The number of urea groups is 1. The molecule has 0 radical (unpaired) electrons. The average Bonchev–Trinajstić information content (AvgIpc) is 3.33. The lowest BCUT2D eigenvalue weighted by atomic mass is 9.94. The Morgan fingerprint density at radius 1 is 1.15 bits per heavy atom. The van der Waals surface area contributed by atoms with Crippen molar-refractivity contribution in [2.75, 3.05) is 19.9 Å². The van der Waals surface area contributed by atoms with Crippen LogP contribution in [0.2, 0.25) is 0 Å². The Morgan fingerprint density at radius 2 is 1.85 bits per heavy atom. The van der Waals surface area contributed by atoms with E-state index in [1.54, 1.807) is 23.8 Å². The van der Waals surface area contributed by atoms with Crippen molar-refractivity contribution in [2.45, 2.75) is 38.1 Å². The fourth-order valence-electron chi connectivity index (χ4n) is 3.95. The van der Waals surface area contributed by atoms with Gasteiger partial charge in [-0.3, -0.25) is 4.90 Å². The van der Waals surface area contributed by atoms with Gasteiger partial charge in [-0.25, -0.2) is 4.79 Å². The van der Waals surface area contributed by atoms with E-state index in [9.17, 15) is 4.79 Å². The molecule has 2 aromatic carbocycles. The van der Waals surface area contributed by atoms with E-state index in [0.29, 0.717) is 24.2 Å². The minimum absolute atomic E-state index is 0.115. The Hall–Kier alpha value is -3.26. The van der Waals surface area contributed by atoms with Crippen molar-refractivity contribution in [3.63, 3.8) is 0 Å². The zero-order valence-corrected chi connectivity index (χ0v) is 21.0. The monoisotopic (exact) mass is 478 g/mol. The summed E-state index contributed by atoms with van der Waals surface area (Å²) in [5.41, 5.74) is 3.43. The van der Waals surface area contributed by atoms with Gasteiger partial charge in [0.25, 0.3) is 5.89 Å². The molecule has 2 heterocycles. The van der Waals surface area contributed by atoms with E-state index in [1.807, 2.05) is 49.6 Å². The number of rotatable bonds is 8. The van der Waals surface area contributed by atoms with Gasteiger partial charge in [-0.2, -0.15) is 4.98 Å². The molecule has 1 atom stereocenters. The molecule has 178 valence electrons. The lowest BCUT2D eigenvalue weighted by molar-refractivity contribution is 0.202. The fourth-order valence-corrected chi connectivity index (χ4v) is 4.36. The number of nitrogens with zero attached hydrogens (tertiary/aromatic N) is 3. The van der Waals surface area contributed by atoms with Crippen LogP contribution in [0.15, 0.2) is 63.6 Å². The van der Waals surface area contributed by atoms with Crippen molar-refractivity contribution in [1.29, 1.82) is 0 Å². The van der Waals surface area contributed by atoms with Gasteiger partial charge in [0, 0.05) is 22.7 Å². The summed E-state index contributed by atoms with van der Waals surface area (Å²) >= 11 is 1.68. The standard InChI is InChI=1S/C26H30N4O3S/c1-16(2)14-15-30-17(3)22(23(27-26(30)31)18-8-12-21(34-5)13-9-18)25-28-24(29-33-25)19-6-10-20(32-4)11-7-19/h6-13,16,23H,14-15H2,1-5H3,(H,27,31). The molecule has 0 spiro atoms. The van der Waals surface area contributed by atoms with Gasteiger partial charge in [0.2, 0.25) is 5.82 Å². The molecule has 1 aliphatic rings. The third kappa shape index (κ3) is 4.97. The number of hydrogen-bond donors (Lipinski definition) is 1. The maximum atomic E-state index is 13.1. The van der Waals surface area contributed by atoms with Gasteiger partial charge >= 0.3 is 6.03 Å². The van der Waals surface area contributed by atoms with E-state index < -0.39 is 0 Å². The van der Waals surface area contributed by atoms with Gasteiger partial charge in [-0.1, -0.05) is 31.1 Å². The highest BCUT2D eigenvalue weighted by Gasteiger charge is 2.35. The molecule has 1 N–H and O–H groups in total. The number of hydrogen-bond acceptors (Lipinski definition) is 6. The van der Waals surface area contributed by atoms with E-state index >= 15 is 0 Å². The van der Waals surface area contributed by atoms with Crippen molar-refractivity contribution in [3.8, 4) is 17.1 Å². The maximum Gasteiger partial charge on any atom is 0.322 e. The average molecular weight is 479 g/mol. The first-order chi connectivity index (χ1) is 16.4. The lowest BCUT2D eigenvalue weighted by Gasteiger charge is -2.35. The quantitative estimate of drug-likeness (QED) is 0.399. The lowest BCUT2D eigenvalue weighted by Crippen LogP contribution is -2.46. The third-order valence-electron chi connectivity index (χ3n) is 5.98. The molecule has 7 nitrogen and oxygen atoms in total. The largest absolute Gasteiger partial charge is 0.497 e. The summed E-state index contributed by atoms with van der Waals surface area (Å²) in [6.45, 7) is 6.87. The topological polar surface area (TPSA) is 80.5 Å². The summed E-state index contributed by atoms with van der Waals surface area (Å²) in [5.74, 6) is 2.12. The summed E-state index contributed by atoms with van der Waals surface area (Å²) in [5, 5.41) is 7.39. The molecule has 3 aromatic rings. The molecule has 2 amide bonds. The zero-order chi connectivity index (χ0) is 24.2. The van der Waals surface area contributed by atoms with Gasteiger partial charge in [-0.05, 0) is 67.5 Å². The SMILES string of the molecule is COc1ccc(-c2noc(C3=C(C)N(CCC(C)C)C(=O)NC3c3ccc(SC)cc3)n2)cc1. The minimum Gasteiger partial charge on any atom is -0.497 e. The van der Waals surface area contributed by atoms with E-state index in [4.69, 9.17) is 14.2 Å². The Balaban J connectivity index is 1.75. The van der Waals surface area contributed by atoms with Crippen LogP contribution in [0.1, 0.15) is 44.7 Å². The van der Waals surface area contributed by atoms with Crippen LogP contribution in [0.25, 0.3) is 17.0 Å². The number of methoxy groups -OCH3 is 1. The third-order valence-corrected chi connectivity index (χ3v) is 6.72. The first kappa shape index (κ1) is 23.9. The molecule has 0 saturated heterocycles. The highest BCUT2D eigenvalue weighted by Crippen LogP contribution is 2.38. The number of benzene rings is 2. The van der Waals surface area contributed by atoms with Crippen LogP contribution in [0.3, 0.4) is 0 Å². The van der Waals surface area contributed by atoms with E-state index in [1.165, 1.54) is 0 Å². The number of amides is 2. The molecule has 1 aromatic heterocycles. The van der Waals surface area contributed by atoms with E-state index in [-0.39, 0.29) is 12.1 Å². The molecule has 0 bridgehead atoms. The number of allylic oxidation sites excluding steroid dienone is 1. The molecule has 0 aliphatic carbocycles. The van der Waals surface area contributed by atoms with Crippen molar-refractivity contribution in [1.82, 2.24) is 20.4 Å². The molecule has 1 unspecified atom stereocenters.